The molecule has 128 valence electrons. The first kappa shape index (κ1) is 16.1. The molecule has 0 amide bonds. The van der Waals surface area contributed by atoms with E-state index in [1.807, 2.05) is 42.5 Å². The molecular formula is C20H19O4S+. The van der Waals surface area contributed by atoms with Crippen molar-refractivity contribution in [2.24, 2.45) is 0 Å². The number of hydrogen-bond donors (Lipinski definition) is 0. The quantitative estimate of drug-likeness (QED) is 0.376. The third kappa shape index (κ3) is 3.00. The molecule has 0 unspecified atom stereocenters. The van der Waals surface area contributed by atoms with E-state index in [4.69, 9.17) is 13.3 Å². The summed E-state index contributed by atoms with van der Waals surface area (Å²) >= 11 is 1.40. The Bertz CT molecular complexity index is 1010. The van der Waals surface area contributed by atoms with Gasteiger partial charge in [-0.3, -0.25) is 4.42 Å². The van der Waals surface area contributed by atoms with Gasteiger partial charge in [0.15, 0.2) is 0 Å². The molecule has 0 fully saturated rings. The first-order valence-corrected chi connectivity index (χ1v) is 8.86. The summed E-state index contributed by atoms with van der Waals surface area (Å²) in [7, 11) is 0. The maximum absolute atomic E-state index is 10.4. The molecule has 0 bridgehead atoms. The van der Waals surface area contributed by atoms with Crippen molar-refractivity contribution in [3.8, 4) is 22.6 Å². The van der Waals surface area contributed by atoms with Gasteiger partial charge in [0.2, 0.25) is 0 Å². The Morgan fingerprint density at radius 3 is 2.72 bits per heavy atom. The molecule has 0 atom stereocenters. The summed E-state index contributed by atoms with van der Waals surface area (Å²) < 4.78 is 17.3. The van der Waals surface area contributed by atoms with E-state index < -0.39 is 0 Å². The van der Waals surface area contributed by atoms with E-state index >= 15 is 0 Å². The molecular weight excluding hydrogens is 336 g/mol. The lowest BCUT2D eigenvalue weighted by Gasteiger charge is -2.21. The first-order valence-electron chi connectivity index (χ1n) is 8.12. The summed E-state index contributed by atoms with van der Waals surface area (Å²) in [6.45, 7) is 6.65. The van der Waals surface area contributed by atoms with Gasteiger partial charge < -0.3 is 13.7 Å². The second-order valence-corrected chi connectivity index (χ2v) is 8.54. The fourth-order valence-electron chi connectivity index (χ4n) is 2.86. The zero-order chi connectivity index (χ0) is 17.6. The van der Waals surface area contributed by atoms with Gasteiger partial charge in [0.05, 0.1) is 17.4 Å². The van der Waals surface area contributed by atoms with Gasteiger partial charge in [-0.15, -0.1) is 0 Å². The maximum Gasteiger partial charge on any atom is 0.525 e. The predicted octanol–water partition coefficient (Wildman–Crippen LogP) is 4.82. The van der Waals surface area contributed by atoms with Crippen LogP contribution in [-0.2, 0) is 6.61 Å². The highest BCUT2D eigenvalue weighted by Gasteiger charge is 2.28. The second kappa shape index (κ2) is 5.85. The molecule has 0 radical (unpaired) electrons. The second-order valence-electron chi connectivity index (χ2n) is 6.98. The van der Waals surface area contributed by atoms with Crippen LogP contribution < -0.4 is 14.5 Å². The van der Waals surface area contributed by atoms with Crippen LogP contribution >= 0.6 is 12.0 Å². The van der Waals surface area contributed by atoms with E-state index in [2.05, 4.69) is 20.8 Å². The topological polar surface area (TPSA) is 53.0 Å². The van der Waals surface area contributed by atoms with Crippen molar-refractivity contribution in [3.63, 3.8) is 0 Å². The van der Waals surface area contributed by atoms with Crippen LogP contribution in [0.15, 0.2) is 46.9 Å². The Hall–Kier alpha value is -2.40. The average Bonchev–Trinajstić information content (AvgIpc) is 2.58. The summed E-state index contributed by atoms with van der Waals surface area (Å²) in [6, 6.07) is 13.3. The highest BCUT2D eigenvalue weighted by molar-refractivity contribution is 7.96. The predicted molar refractivity (Wildman–Crippen MR) is 99.0 cm³/mol. The fourth-order valence-corrected chi connectivity index (χ4v) is 3.30. The van der Waals surface area contributed by atoms with Crippen molar-refractivity contribution >= 4 is 23.0 Å². The van der Waals surface area contributed by atoms with Crippen LogP contribution in [0.2, 0.25) is 0 Å². The molecule has 3 aromatic rings. The summed E-state index contributed by atoms with van der Waals surface area (Å²) in [4.78, 5) is 10.4. The molecule has 5 heteroatoms. The van der Waals surface area contributed by atoms with Gasteiger partial charge in [0.1, 0.15) is 23.7 Å². The Morgan fingerprint density at radius 1 is 1.12 bits per heavy atom. The lowest BCUT2D eigenvalue weighted by molar-refractivity contribution is 0.298. The first-order chi connectivity index (χ1) is 11.9. The molecule has 4 nitrogen and oxygen atoms in total. The number of para-hydroxylation sites is 1. The van der Waals surface area contributed by atoms with Crippen LogP contribution in [-0.4, -0.2) is 9.54 Å². The van der Waals surface area contributed by atoms with Gasteiger partial charge in [-0.05, 0) is 39.0 Å². The van der Waals surface area contributed by atoms with Gasteiger partial charge in [-0.1, -0.05) is 12.1 Å². The fraction of sp³-hybridized carbons (Fsp3) is 0.250. The zero-order valence-electron chi connectivity index (χ0n) is 14.3. The molecule has 4 rings (SSSR count). The minimum Gasteiger partial charge on any atom is -0.488 e. The largest absolute Gasteiger partial charge is 0.525 e. The normalized spacial score (nSPS) is 13.1. The molecule has 0 saturated heterocycles. The van der Waals surface area contributed by atoms with Crippen molar-refractivity contribution in [2.45, 2.75) is 32.1 Å². The molecule has 0 saturated carbocycles. The van der Waals surface area contributed by atoms with E-state index in [1.54, 1.807) is 0 Å². The molecule has 1 aromatic heterocycles. The molecule has 1 aliphatic heterocycles. The maximum atomic E-state index is 10.4. The zero-order valence-corrected chi connectivity index (χ0v) is 15.1. The van der Waals surface area contributed by atoms with Crippen molar-refractivity contribution in [1.82, 2.24) is 0 Å². The van der Waals surface area contributed by atoms with Crippen molar-refractivity contribution < 1.29 is 18.1 Å². The number of rotatable bonds is 2. The third-order valence-corrected chi connectivity index (χ3v) is 4.69. The van der Waals surface area contributed by atoms with Gasteiger partial charge in [0.25, 0.3) is 5.58 Å². The average molecular weight is 355 g/mol. The van der Waals surface area contributed by atoms with Crippen LogP contribution in [0.5, 0.6) is 11.5 Å². The van der Waals surface area contributed by atoms with E-state index in [-0.39, 0.29) is 10.4 Å². The van der Waals surface area contributed by atoms with Gasteiger partial charge >= 0.3 is 5.63 Å². The third-order valence-electron chi connectivity index (χ3n) is 3.92. The summed E-state index contributed by atoms with van der Waals surface area (Å²) in [5, 5.41) is 0.949. The highest BCUT2D eigenvalue weighted by Crippen LogP contribution is 2.41. The Kier molecular flexibility index (Phi) is 3.76. The smallest absolute Gasteiger partial charge is 0.488 e. The molecule has 1 aliphatic rings. The lowest BCUT2D eigenvalue weighted by Crippen LogP contribution is -2.16. The Balaban J connectivity index is 1.80. The number of fused-ring (bicyclic) bond motifs is 5. The van der Waals surface area contributed by atoms with Crippen LogP contribution in [0, 0.1) is 0 Å². The molecule has 0 aliphatic carbocycles. The lowest BCUT2D eigenvalue weighted by atomic mass is 9.96. The van der Waals surface area contributed by atoms with Gasteiger partial charge in [-0.2, -0.15) is 0 Å². The van der Waals surface area contributed by atoms with E-state index in [0.29, 0.717) is 23.5 Å². The molecule has 0 spiro atoms. The van der Waals surface area contributed by atoms with Gasteiger partial charge in [-0.25, -0.2) is 0 Å². The molecule has 1 N–H and O–H groups in total. The van der Waals surface area contributed by atoms with E-state index in [9.17, 15) is 4.79 Å². The van der Waals surface area contributed by atoms with Crippen LogP contribution in [0.4, 0.5) is 0 Å². The minimum atomic E-state index is -0.0871. The van der Waals surface area contributed by atoms with Crippen LogP contribution in [0.3, 0.4) is 0 Å². The number of hydrogen-bond acceptors (Lipinski definition) is 4. The SMILES string of the molecule is CC(C)(C)SOc1ccc2c(c1)OCc1c-2c(=[OH+])oc2ccccc12. The van der Waals surface area contributed by atoms with Gasteiger partial charge in [0, 0.05) is 28.0 Å². The standard InChI is InChI=1S/C20H18O4S/c1-20(2,3)25-24-12-8-9-14-17(10-12)22-11-15-13-6-4-5-7-16(13)23-19(21)18(14)15/h4-10H,11H2,1-3H3/p+1. The van der Waals surface area contributed by atoms with Crippen LogP contribution in [0.1, 0.15) is 26.3 Å². The number of benzene rings is 2. The summed E-state index contributed by atoms with van der Waals surface area (Å²) in [5.41, 5.74) is 2.99. The summed E-state index contributed by atoms with van der Waals surface area (Å²) in [5.74, 6) is 1.40. The highest BCUT2D eigenvalue weighted by atomic mass is 32.2. The molecule has 2 heterocycles. The monoisotopic (exact) mass is 355 g/mol. The Labute approximate surface area is 150 Å². The van der Waals surface area contributed by atoms with E-state index in [0.717, 1.165) is 22.3 Å². The molecule has 2 aromatic carbocycles. The van der Waals surface area contributed by atoms with Crippen molar-refractivity contribution in [3.05, 3.63) is 53.7 Å². The summed E-state index contributed by atoms with van der Waals surface area (Å²) in [6.07, 6.45) is 0. The minimum absolute atomic E-state index is 0.000572. The van der Waals surface area contributed by atoms with Crippen molar-refractivity contribution in [1.29, 1.82) is 0 Å². The van der Waals surface area contributed by atoms with Crippen molar-refractivity contribution in [2.75, 3.05) is 0 Å². The van der Waals surface area contributed by atoms with E-state index in [1.165, 1.54) is 12.0 Å². The Morgan fingerprint density at radius 2 is 1.92 bits per heavy atom. The molecule has 25 heavy (non-hydrogen) atoms. The number of ether oxygens (including phenoxy) is 1. The van der Waals surface area contributed by atoms with Crippen LogP contribution in [0.25, 0.3) is 22.1 Å².